The first-order chi connectivity index (χ1) is 16.2. The van der Waals surface area contributed by atoms with Gasteiger partial charge in [-0.25, -0.2) is 0 Å². The van der Waals surface area contributed by atoms with E-state index in [4.69, 9.17) is 12.2 Å². The van der Waals surface area contributed by atoms with Gasteiger partial charge < -0.3 is 10.6 Å². The van der Waals surface area contributed by atoms with Crippen molar-refractivity contribution >= 4 is 28.8 Å². The van der Waals surface area contributed by atoms with Crippen LogP contribution in [0.3, 0.4) is 0 Å². The largest absolute Gasteiger partial charge is 0.416 e. The van der Waals surface area contributed by atoms with E-state index in [2.05, 4.69) is 39.9 Å². The van der Waals surface area contributed by atoms with Crippen LogP contribution >= 0.6 is 12.2 Å². The topological polar surface area (TPSA) is 59.7 Å². The zero-order chi connectivity index (χ0) is 24.3. The Morgan fingerprint density at radius 1 is 1.00 bits per heavy atom. The minimum absolute atomic E-state index is 0.212. The van der Waals surface area contributed by atoms with Crippen molar-refractivity contribution in [1.29, 1.82) is 0 Å². The third-order valence-electron chi connectivity index (χ3n) is 5.29. The minimum Gasteiger partial charge on any atom is -0.330 e. The molecule has 0 spiro atoms. The average molecular weight is 485 g/mol. The summed E-state index contributed by atoms with van der Waals surface area (Å²) < 4.78 is 42.4. The standard InChI is InChI=1S/C24H23F3N6S/c1-16-6-3-4-8-19(16)14-32-15-21(12-28-32)29-23(34)30-22-10-17(2)33(31-22)13-18-7-5-9-20(11-18)24(25,26)27/h3-12,15H,13-14H2,1-2H3,(H2,29,30,31,34). The molecule has 0 aliphatic heterocycles. The molecule has 0 radical (unpaired) electrons. The zero-order valence-electron chi connectivity index (χ0n) is 18.6. The molecular weight excluding hydrogens is 461 g/mol. The number of rotatable bonds is 6. The fraction of sp³-hybridized carbons (Fsp3) is 0.208. The molecule has 176 valence electrons. The van der Waals surface area contributed by atoms with Crippen molar-refractivity contribution < 1.29 is 13.2 Å². The number of alkyl halides is 3. The summed E-state index contributed by atoms with van der Waals surface area (Å²) in [6, 6.07) is 15.1. The first-order valence-corrected chi connectivity index (χ1v) is 10.9. The number of nitrogens with one attached hydrogen (secondary N) is 2. The van der Waals surface area contributed by atoms with Gasteiger partial charge in [0.15, 0.2) is 10.9 Å². The Balaban J connectivity index is 1.37. The molecule has 0 saturated heterocycles. The molecule has 4 aromatic rings. The van der Waals surface area contributed by atoms with Crippen molar-refractivity contribution in [3.8, 4) is 0 Å². The predicted molar refractivity (Wildman–Crippen MR) is 130 cm³/mol. The Morgan fingerprint density at radius 3 is 2.56 bits per heavy atom. The maximum absolute atomic E-state index is 13.0. The van der Waals surface area contributed by atoms with Gasteiger partial charge in [0.05, 0.1) is 30.5 Å². The number of halogens is 3. The zero-order valence-corrected chi connectivity index (χ0v) is 19.4. The van der Waals surface area contributed by atoms with Gasteiger partial charge in [-0.2, -0.15) is 23.4 Å². The van der Waals surface area contributed by atoms with Gasteiger partial charge in [0, 0.05) is 18.0 Å². The van der Waals surface area contributed by atoms with Crippen LogP contribution in [0.4, 0.5) is 24.7 Å². The molecule has 10 heteroatoms. The summed E-state index contributed by atoms with van der Waals surface area (Å²) in [5.41, 5.74) is 3.72. The lowest BCUT2D eigenvalue weighted by molar-refractivity contribution is -0.137. The fourth-order valence-corrected chi connectivity index (χ4v) is 3.73. The molecule has 2 heterocycles. The highest BCUT2D eigenvalue weighted by atomic mass is 32.1. The molecule has 2 aromatic heterocycles. The Kier molecular flexibility index (Phi) is 6.69. The van der Waals surface area contributed by atoms with Crippen LogP contribution in [0.5, 0.6) is 0 Å². The van der Waals surface area contributed by atoms with Crippen molar-refractivity contribution in [3.63, 3.8) is 0 Å². The molecule has 2 N–H and O–H groups in total. The predicted octanol–water partition coefficient (Wildman–Crippen LogP) is 5.62. The summed E-state index contributed by atoms with van der Waals surface area (Å²) in [7, 11) is 0. The van der Waals surface area contributed by atoms with Crippen LogP contribution in [0.15, 0.2) is 67.0 Å². The second-order valence-electron chi connectivity index (χ2n) is 7.96. The van der Waals surface area contributed by atoms with Crippen LogP contribution in [0.2, 0.25) is 0 Å². The highest BCUT2D eigenvalue weighted by molar-refractivity contribution is 7.80. The van der Waals surface area contributed by atoms with Crippen molar-refractivity contribution in [2.24, 2.45) is 0 Å². The van der Waals surface area contributed by atoms with Gasteiger partial charge in [0.2, 0.25) is 0 Å². The summed E-state index contributed by atoms with van der Waals surface area (Å²) in [6.45, 7) is 4.75. The molecule has 0 aliphatic rings. The van der Waals surface area contributed by atoms with Crippen LogP contribution in [-0.2, 0) is 19.3 Å². The summed E-state index contributed by atoms with van der Waals surface area (Å²) in [4.78, 5) is 0. The molecule has 6 nitrogen and oxygen atoms in total. The highest BCUT2D eigenvalue weighted by Gasteiger charge is 2.30. The number of anilines is 2. The molecule has 4 rings (SSSR count). The van der Waals surface area contributed by atoms with Crippen LogP contribution in [-0.4, -0.2) is 24.7 Å². The molecule has 0 bridgehead atoms. The molecule has 34 heavy (non-hydrogen) atoms. The van der Waals surface area contributed by atoms with E-state index < -0.39 is 11.7 Å². The van der Waals surface area contributed by atoms with Crippen molar-refractivity contribution in [1.82, 2.24) is 19.6 Å². The maximum Gasteiger partial charge on any atom is 0.416 e. The van der Waals surface area contributed by atoms with E-state index in [1.54, 1.807) is 23.0 Å². The van der Waals surface area contributed by atoms with Gasteiger partial charge in [-0.15, -0.1) is 0 Å². The summed E-state index contributed by atoms with van der Waals surface area (Å²) in [5, 5.41) is 15.2. The van der Waals surface area contributed by atoms with E-state index in [0.29, 0.717) is 23.0 Å². The van der Waals surface area contributed by atoms with Gasteiger partial charge in [0.25, 0.3) is 0 Å². The van der Waals surface area contributed by atoms with Gasteiger partial charge >= 0.3 is 6.18 Å². The molecular formula is C24H23F3N6S. The lowest BCUT2D eigenvalue weighted by Gasteiger charge is -2.10. The van der Waals surface area contributed by atoms with Gasteiger partial charge in [-0.1, -0.05) is 36.4 Å². The van der Waals surface area contributed by atoms with Crippen molar-refractivity contribution in [3.05, 3.63) is 94.9 Å². The monoisotopic (exact) mass is 484 g/mol. The molecule has 0 fully saturated rings. The first kappa shape index (κ1) is 23.5. The van der Waals surface area contributed by atoms with E-state index >= 15 is 0 Å². The molecule has 0 saturated carbocycles. The van der Waals surface area contributed by atoms with Crippen molar-refractivity contribution in [2.45, 2.75) is 33.1 Å². The van der Waals surface area contributed by atoms with E-state index in [9.17, 15) is 13.2 Å². The minimum atomic E-state index is -4.38. The quantitative estimate of drug-likeness (QED) is 0.348. The Labute approximate surface area is 200 Å². The molecule has 2 aromatic carbocycles. The number of thiocarbonyl (C=S) groups is 1. The second-order valence-corrected chi connectivity index (χ2v) is 8.37. The Bertz CT molecular complexity index is 1310. The number of hydrogen-bond acceptors (Lipinski definition) is 3. The molecule has 0 aliphatic carbocycles. The van der Waals surface area contributed by atoms with Gasteiger partial charge in [0.1, 0.15) is 0 Å². The molecule has 0 amide bonds. The molecule has 0 unspecified atom stereocenters. The van der Waals surface area contributed by atoms with E-state index in [1.807, 2.05) is 29.9 Å². The lowest BCUT2D eigenvalue weighted by atomic mass is 10.1. The first-order valence-electron chi connectivity index (χ1n) is 10.5. The fourth-order valence-electron chi connectivity index (χ4n) is 3.51. The van der Waals surface area contributed by atoms with Gasteiger partial charge in [-0.05, 0) is 54.9 Å². The maximum atomic E-state index is 13.0. The second kappa shape index (κ2) is 9.68. The van der Waals surface area contributed by atoms with Crippen molar-refractivity contribution in [2.75, 3.05) is 10.6 Å². The normalized spacial score (nSPS) is 11.4. The third-order valence-corrected chi connectivity index (χ3v) is 5.50. The highest BCUT2D eigenvalue weighted by Crippen LogP contribution is 2.29. The van der Waals surface area contributed by atoms with Gasteiger partial charge in [-0.3, -0.25) is 9.36 Å². The van der Waals surface area contributed by atoms with E-state index in [1.165, 1.54) is 17.2 Å². The summed E-state index contributed by atoms with van der Waals surface area (Å²) in [5.74, 6) is 0.495. The number of nitrogens with zero attached hydrogens (tertiary/aromatic N) is 4. The molecule has 0 atom stereocenters. The van der Waals surface area contributed by atoms with E-state index in [0.717, 1.165) is 23.5 Å². The average Bonchev–Trinajstić information content (AvgIpc) is 3.35. The Morgan fingerprint density at radius 2 is 1.79 bits per heavy atom. The van der Waals surface area contributed by atoms with Crippen LogP contribution < -0.4 is 10.6 Å². The van der Waals surface area contributed by atoms with Crippen LogP contribution in [0, 0.1) is 13.8 Å². The number of benzene rings is 2. The number of aromatic nitrogens is 4. The Hall–Kier alpha value is -3.66. The van der Waals surface area contributed by atoms with E-state index in [-0.39, 0.29) is 6.54 Å². The SMILES string of the molecule is Cc1ccccc1Cn1cc(NC(=S)Nc2cc(C)n(Cc3cccc(C(F)(F)F)c3)n2)cn1. The lowest BCUT2D eigenvalue weighted by Crippen LogP contribution is -2.19. The third kappa shape index (κ3) is 5.82. The number of aryl methyl sites for hydroxylation is 2. The van der Waals surface area contributed by atoms with Crippen LogP contribution in [0.1, 0.15) is 27.9 Å². The van der Waals surface area contributed by atoms with Crippen LogP contribution in [0.25, 0.3) is 0 Å². The summed E-state index contributed by atoms with van der Waals surface area (Å²) in [6.07, 6.45) is -0.838. The number of hydrogen-bond donors (Lipinski definition) is 2. The summed E-state index contributed by atoms with van der Waals surface area (Å²) >= 11 is 5.38. The smallest absolute Gasteiger partial charge is 0.330 e.